The Hall–Kier alpha value is -0.910. The van der Waals surface area contributed by atoms with Crippen molar-refractivity contribution >= 4 is 11.6 Å². The van der Waals surface area contributed by atoms with Crippen LogP contribution in [-0.4, -0.2) is 22.9 Å². The molecule has 2 atom stereocenters. The van der Waals surface area contributed by atoms with Gasteiger partial charge in [0.05, 0.1) is 29.0 Å². The lowest BCUT2D eigenvalue weighted by molar-refractivity contribution is -0.212. The molecule has 6 heteroatoms. The zero-order valence-electron chi connectivity index (χ0n) is 11.2. The summed E-state index contributed by atoms with van der Waals surface area (Å²) in [5.41, 5.74) is 0.696. The van der Waals surface area contributed by atoms with Crippen molar-refractivity contribution in [2.45, 2.75) is 51.9 Å². The maximum Gasteiger partial charge on any atom is 0.274 e. The molecule has 0 bridgehead atoms. The predicted molar refractivity (Wildman–Crippen MR) is 72.3 cm³/mol. The van der Waals surface area contributed by atoms with Gasteiger partial charge in [-0.1, -0.05) is 24.9 Å². The van der Waals surface area contributed by atoms with E-state index < -0.39 is 6.29 Å². The molecule has 1 aliphatic rings. The monoisotopic (exact) mass is 286 g/mol. The van der Waals surface area contributed by atoms with Crippen LogP contribution < -0.4 is 5.56 Å². The average Bonchev–Trinajstić information content (AvgIpc) is 2.38. The Labute approximate surface area is 117 Å². The molecule has 0 aromatic carbocycles. The van der Waals surface area contributed by atoms with E-state index in [0.29, 0.717) is 22.9 Å². The van der Waals surface area contributed by atoms with E-state index in [4.69, 9.17) is 21.1 Å². The number of unbranched alkanes of at least 4 members (excludes halogenated alkanes) is 1. The van der Waals surface area contributed by atoms with E-state index in [1.807, 2.05) is 6.92 Å². The summed E-state index contributed by atoms with van der Waals surface area (Å²) in [6.07, 6.45) is 2.94. The highest BCUT2D eigenvalue weighted by molar-refractivity contribution is 6.32. The van der Waals surface area contributed by atoms with E-state index in [0.717, 1.165) is 25.7 Å². The molecule has 0 amide bonds. The van der Waals surface area contributed by atoms with Crippen LogP contribution in [0.2, 0.25) is 5.02 Å². The Morgan fingerprint density at radius 2 is 2.32 bits per heavy atom. The van der Waals surface area contributed by atoms with Crippen LogP contribution in [0.25, 0.3) is 0 Å². The second-order valence-electron chi connectivity index (χ2n) is 4.77. The molecule has 1 aliphatic heterocycles. The van der Waals surface area contributed by atoms with Crippen LogP contribution in [0.1, 0.15) is 50.7 Å². The number of ether oxygens (including phenoxy) is 2. The minimum absolute atomic E-state index is 0.0569. The standard InChI is InChI=1S/C13H19ClN2O3/c1-3-4-5-9-11(14)10(12(17)16-15-9)13-18-7-6-8(2)19-13/h8,13H,3-7H2,1-2H3,(H,16,17). The summed E-state index contributed by atoms with van der Waals surface area (Å²) in [5.74, 6) is 0. The van der Waals surface area contributed by atoms with Crippen LogP contribution in [0.4, 0.5) is 0 Å². The molecule has 2 rings (SSSR count). The van der Waals surface area contributed by atoms with Gasteiger partial charge < -0.3 is 9.47 Å². The van der Waals surface area contributed by atoms with Gasteiger partial charge in [-0.05, 0) is 26.2 Å². The fourth-order valence-electron chi connectivity index (χ4n) is 2.01. The highest BCUT2D eigenvalue weighted by Crippen LogP contribution is 2.30. The number of aromatic nitrogens is 2. The molecule has 1 aromatic heterocycles. The van der Waals surface area contributed by atoms with E-state index in [-0.39, 0.29) is 11.7 Å². The van der Waals surface area contributed by atoms with Gasteiger partial charge in [-0.15, -0.1) is 0 Å². The SMILES string of the molecule is CCCCc1n[nH]c(=O)c(C2OCCC(C)O2)c1Cl. The summed E-state index contributed by atoms with van der Waals surface area (Å²) in [5, 5.41) is 6.86. The second kappa shape index (κ2) is 6.50. The molecule has 0 radical (unpaired) electrons. The van der Waals surface area contributed by atoms with Gasteiger partial charge >= 0.3 is 0 Å². The zero-order chi connectivity index (χ0) is 13.8. The van der Waals surface area contributed by atoms with Gasteiger partial charge in [0.1, 0.15) is 0 Å². The van der Waals surface area contributed by atoms with Crippen molar-refractivity contribution < 1.29 is 9.47 Å². The van der Waals surface area contributed by atoms with Crippen molar-refractivity contribution in [3.05, 3.63) is 26.6 Å². The second-order valence-corrected chi connectivity index (χ2v) is 5.15. The fraction of sp³-hybridized carbons (Fsp3) is 0.692. The number of hydrogen-bond acceptors (Lipinski definition) is 4. The fourth-order valence-corrected chi connectivity index (χ4v) is 2.33. The van der Waals surface area contributed by atoms with Crippen LogP contribution in [0.5, 0.6) is 0 Å². The van der Waals surface area contributed by atoms with E-state index in [2.05, 4.69) is 17.1 Å². The molecule has 19 heavy (non-hydrogen) atoms. The van der Waals surface area contributed by atoms with E-state index in [1.165, 1.54) is 0 Å². The Kier molecular flexibility index (Phi) is 4.96. The largest absolute Gasteiger partial charge is 0.348 e. The minimum Gasteiger partial charge on any atom is -0.348 e. The molecule has 1 fully saturated rings. The summed E-state index contributed by atoms with van der Waals surface area (Å²) >= 11 is 6.29. The van der Waals surface area contributed by atoms with Gasteiger partial charge in [0, 0.05) is 0 Å². The number of hydrogen-bond donors (Lipinski definition) is 1. The van der Waals surface area contributed by atoms with Crippen molar-refractivity contribution in [2.75, 3.05) is 6.61 Å². The van der Waals surface area contributed by atoms with Crippen LogP contribution in [0.3, 0.4) is 0 Å². The summed E-state index contributed by atoms with van der Waals surface area (Å²) in [4.78, 5) is 11.9. The average molecular weight is 287 g/mol. The van der Waals surface area contributed by atoms with Crippen LogP contribution in [0, 0.1) is 0 Å². The smallest absolute Gasteiger partial charge is 0.274 e. The van der Waals surface area contributed by atoms with E-state index in [9.17, 15) is 4.79 Å². The molecule has 1 aromatic rings. The zero-order valence-corrected chi connectivity index (χ0v) is 12.0. The first-order chi connectivity index (χ1) is 9.13. The van der Waals surface area contributed by atoms with Gasteiger partial charge in [0.25, 0.3) is 5.56 Å². The van der Waals surface area contributed by atoms with Crippen molar-refractivity contribution in [2.24, 2.45) is 0 Å². The first kappa shape index (κ1) is 14.5. The highest BCUT2D eigenvalue weighted by Gasteiger charge is 2.27. The first-order valence-electron chi connectivity index (χ1n) is 6.67. The van der Waals surface area contributed by atoms with Gasteiger partial charge in [-0.25, -0.2) is 5.10 Å². The molecule has 1 saturated heterocycles. The predicted octanol–water partition coefficient (Wildman–Crippen LogP) is 2.59. The number of nitrogens with one attached hydrogen (secondary N) is 1. The summed E-state index contributed by atoms with van der Waals surface area (Å²) in [7, 11) is 0. The normalized spacial score (nSPS) is 23.5. The lowest BCUT2D eigenvalue weighted by Crippen LogP contribution is -2.30. The summed E-state index contributed by atoms with van der Waals surface area (Å²) in [6.45, 7) is 4.61. The van der Waals surface area contributed by atoms with E-state index in [1.54, 1.807) is 0 Å². The topological polar surface area (TPSA) is 64.2 Å². The van der Waals surface area contributed by atoms with Crippen molar-refractivity contribution in [1.82, 2.24) is 10.2 Å². The number of H-pyrrole nitrogens is 1. The van der Waals surface area contributed by atoms with Crippen LogP contribution >= 0.6 is 11.6 Å². The highest BCUT2D eigenvalue weighted by atomic mass is 35.5. The number of halogens is 1. The van der Waals surface area contributed by atoms with Gasteiger partial charge in [0.2, 0.25) is 0 Å². The maximum absolute atomic E-state index is 11.9. The summed E-state index contributed by atoms with van der Waals surface area (Å²) < 4.78 is 11.1. The minimum atomic E-state index is -0.691. The van der Waals surface area contributed by atoms with Crippen molar-refractivity contribution in [1.29, 1.82) is 0 Å². The molecule has 0 spiro atoms. The molecule has 0 saturated carbocycles. The lowest BCUT2D eigenvalue weighted by Gasteiger charge is -2.28. The third-order valence-electron chi connectivity index (χ3n) is 3.18. The maximum atomic E-state index is 11.9. The quantitative estimate of drug-likeness (QED) is 0.924. The Bertz CT molecular complexity index is 489. The lowest BCUT2D eigenvalue weighted by atomic mass is 10.1. The third kappa shape index (κ3) is 3.35. The number of rotatable bonds is 4. The van der Waals surface area contributed by atoms with Crippen molar-refractivity contribution in [3.63, 3.8) is 0 Å². The van der Waals surface area contributed by atoms with Gasteiger partial charge in [0.15, 0.2) is 6.29 Å². The van der Waals surface area contributed by atoms with Crippen LogP contribution in [-0.2, 0) is 15.9 Å². The molecular weight excluding hydrogens is 268 g/mol. The molecule has 2 unspecified atom stereocenters. The molecular formula is C13H19ClN2O3. The summed E-state index contributed by atoms with van der Waals surface area (Å²) in [6, 6.07) is 0. The molecule has 1 N–H and O–H groups in total. The van der Waals surface area contributed by atoms with Gasteiger partial charge in [-0.2, -0.15) is 5.10 Å². The Morgan fingerprint density at radius 1 is 1.53 bits per heavy atom. The molecule has 0 aliphatic carbocycles. The molecule has 2 heterocycles. The number of nitrogens with zero attached hydrogens (tertiary/aromatic N) is 1. The van der Waals surface area contributed by atoms with E-state index >= 15 is 0 Å². The third-order valence-corrected chi connectivity index (χ3v) is 3.60. The molecule has 106 valence electrons. The van der Waals surface area contributed by atoms with Gasteiger partial charge in [-0.3, -0.25) is 4.79 Å². The molecule has 5 nitrogen and oxygen atoms in total. The van der Waals surface area contributed by atoms with Crippen LogP contribution in [0.15, 0.2) is 4.79 Å². The van der Waals surface area contributed by atoms with Crippen molar-refractivity contribution in [3.8, 4) is 0 Å². The Morgan fingerprint density at radius 3 is 3.00 bits per heavy atom. The number of aromatic amines is 1. The number of aryl methyl sites for hydroxylation is 1. The Balaban J connectivity index is 2.30. The first-order valence-corrected chi connectivity index (χ1v) is 7.05.